The summed E-state index contributed by atoms with van der Waals surface area (Å²) in [6, 6.07) is 12.2. The van der Waals surface area contributed by atoms with E-state index < -0.39 is 0 Å². The third-order valence-electron chi connectivity index (χ3n) is 6.52. The molecule has 0 aliphatic rings. The first-order chi connectivity index (χ1) is 15.4. The molecule has 0 fully saturated rings. The number of benzene rings is 2. The van der Waals surface area contributed by atoms with E-state index in [1.165, 1.54) is 11.1 Å². The maximum absolute atomic E-state index is 10.7. The molecule has 176 valence electrons. The summed E-state index contributed by atoms with van der Waals surface area (Å²) in [5.74, 6) is 0.710. The van der Waals surface area contributed by atoms with Crippen LogP contribution in [0.1, 0.15) is 76.6 Å². The van der Waals surface area contributed by atoms with Gasteiger partial charge in [-0.15, -0.1) is 0 Å². The van der Waals surface area contributed by atoms with Gasteiger partial charge in [0.1, 0.15) is 11.5 Å². The summed E-state index contributed by atoms with van der Waals surface area (Å²) in [7, 11) is 0. The van der Waals surface area contributed by atoms with Crippen LogP contribution >= 0.6 is 0 Å². The van der Waals surface area contributed by atoms with Crippen LogP contribution in [0.5, 0.6) is 11.5 Å². The molecule has 0 aliphatic carbocycles. The van der Waals surface area contributed by atoms with Crippen LogP contribution in [0.2, 0.25) is 0 Å². The van der Waals surface area contributed by atoms with Gasteiger partial charge in [0.15, 0.2) is 0 Å². The molecular weight excluding hydrogens is 396 g/mol. The largest absolute Gasteiger partial charge is 0.508 e. The molecule has 0 amide bonds. The Morgan fingerprint density at radius 3 is 1.19 bits per heavy atom. The molecule has 2 N–H and O–H groups in total. The summed E-state index contributed by atoms with van der Waals surface area (Å²) in [6.07, 6.45) is 1.72. The normalized spacial score (nSPS) is 12.5. The number of allylic oxidation sites excluding steroid dienone is 2. The number of hydrogen-bond donors (Lipinski definition) is 2. The highest BCUT2D eigenvalue weighted by atomic mass is 16.3. The minimum atomic E-state index is 0.355. The van der Waals surface area contributed by atoms with Crippen molar-refractivity contribution in [2.24, 2.45) is 0 Å². The molecular formula is C28H42N2O2. The van der Waals surface area contributed by atoms with Crippen LogP contribution in [-0.4, -0.2) is 46.2 Å². The highest BCUT2D eigenvalue weighted by Gasteiger charge is 2.14. The van der Waals surface area contributed by atoms with Gasteiger partial charge < -0.3 is 10.2 Å². The third kappa shape index (κ3) is 6.36. The molecule has 0 bridgehead atoms. The van der Waals surface area contributed by atoms with Gasteiger partial charge in [-0.3, -0.25) is 9.80 Å². The Morgan fingerprint density at radius 1 is 0.594 bits per heavy atom. The van der Waals surface area contributed by atoms with Gasteiger partial charge >= 0.3 is 0 Å². The van der Waals surface area contributed by atoms with E-state index in [0.29, 0.717) is 11.5 Å². The standard InChI is InChI=1S/C28H42N2O2/c1-7-25(21-13-15-23(27(31)17-21)19-29(9-3)10-4)26(8-2)22-14-16-24(28(32)18-22)20-30(11-5)12-6/h13-18,31-32H,7-12,19-20H2,1-6H3/b26-25-. The van der Waals surface area contributed by atoms with E-state index in [2.05, 4.69) is 75.6 Å². The Hall–Kier alpha value is -2.30. The van der Waals surface area contributed by atoms with Crippen molar-refractivity contribution in [1.29, 1.82) is 0 Å². The second-order valence-electron chi connectivity index (χ2n) is 8.27. The van der Waals surface area contributed by atoms with E-state index in [4.69, 9.17) is 0 Å². The third-order valence-corrected chi connectivity index (χ3v) is 6.52. The van der Waals surface area contributed by atoms with Gasteiger partial charge in [-0.25, -0.2) is 0 Å². The minimum absolute atomic E-state index is 0.355. The molecule has 2 rings (SSSR count). The van der Waals surface area contributed by atoms with Crippen molar-refractivity contribution < 1.29 is 10.2 Å². The number of aromatic hydroxyl groups is 2. The molecule has 0 radical (unpaired) electrons. The Labute approximate surface area is 195 Å². The van der Waals surface area contributed by atoms with Gasteiger partial charge in [0.2, 0.25) is 0 Å². The molecule has 2 aromatic rings. The lowest BCUT2D eigenvalue weighted by molar-refractivity contribution is 0.291. The van der Waals surface area contributed by atoms with Gasteiger partial charge in [-0.05, 0) is 73.4 Å². The monoisotopic (exact) mass is 438 g/mol. The van der Waals surface area contributed by atoms with Crippen molar-refractivity contribution in [3.05, 3.63) is 58.7 Å². The number of rotatable bonds is 12. The summed E-state index contributed by atoms with van der Waals surface area (Å²) in [6.45, 7) is 18.2. The van der Waals surface area contributed by atoms with Crippen molar-refractivity contribution in [3.63, 3.8) is 0 Å². The SMILES string of the molecule is CC/C(=C(\CC)c1ccc(CN(CC)CC)c(O)c1)c1ccc(CN(CC)CC)c(O)c1. The van der Waals surface area contributed by atoms with E-state index in [1.54, 1.807) is 0 Å². The van der Waals surface area contributed by atoms with Gasteiger partial charge in [0.25, 0.3) is 0 Å². The highest BCUT2D eigenvalue weighted by molar-refractivity contribution is 5.91. The van der Waals surface area contributed by atoms with Crippen LogP contribution in [0.4, 0.5) is 0 Å². The van der Waals surface area contributed by atoms with Gasteiger partial charge in [-0.2, -0.15) is 0 Å². The Bertz CT molecular complexity index is 823. The first-order valence-corrected chi connectivity index (χ1v) is 12.2. The molecule has 2 aromatic carbocycles. The lowest BCUT2D eigenvalue weighted by Gasteiger charge is -2.21. The zero-order valence-corrected chi connectivity index (χ0v) is 20.9. The van der Waals surface area contributed by atoms with Crippen molar-refractivity contribution in [2.45, 2.75) is 67.5 Å². The summed E-state index contributed by atoms with van der Waals surface area (Å²) in [5, 5.41) is 21.4. The highest BCUT2D eigenvalue weighted by Crippen LogP contribution is 2.35. The number of hydrogen-bond acceptors (Lipinski definition) is 4. The number of phenols is 2. The number of nitrogens with zero attached hydrogens (tertiary/aromatic N) is 2. The van der Waals surface area contributed by atoms with Crippen molar-refractivity contribution in [1.82, 2.24) is 9.80 Å². The van der Waals surface area contributed by atoms with Crippen LogP contribution in [0, 0.1) is 0 Å². The van der Waals surface area contributed by atoms with E-state index in [0.717, 1.165) is 74.4 Å². The quantitative estimate of drug-likeness (QED) is 0.371. The first-order valence-electron chi connectivity index (χ1n) is 12.2. The summed E-state index contributed by atoms with van der Waals surface area (Å²) >= 11 is 0. The van der Waals surface area contributed by atoms with Crippen LogP contribution in [0.3, 0.4) is 0 Å². The molecule has 0 heterocycles. The Kier molecular flexibility index (Phi) is 10.3. The van der Waals surface area contributed by atoms with Gasteiger partial charge in [0.05, 0.1) is 0 Å². The molecule has 0 aromatic heterocycles. The molecule has 0 saturated heterocycles. The van der Waals surface area contributed by atoms with Crippen molar-refractivity contribution >= 4 is 11.1 Å². The topological polar surface area (TPSA) is 46.9 Å². The van der Waals surface area contributed by atoms with Crippen molar-refractivity contribution in [2.75, 3.05) is 26.2 Å². The maximum atomic E-state index is 10.7. The molecule has 4 heteroatoms. The van der Waals surface area contributed by atoms with E-state index in [9.17, 15) is 10.2 Å². The summed E-state index contributed by atoms with van der Waals surface area (Å²) in [5.41, 5.74) is 6.46. The lowest BCUT2D eigenvalue weighted by Crippen LogP contribution is -2.22. The van der Waals surface area contributed by atoms with E-state index in [1.807, 2.05) is 12.1 Å². The molecule has 0 unspecified atom stereocenters. The second kappa shape index (κ2) is 12.7. The molecule has 0 atom stereocenters. The lowest BCUT2D eigenvalue weighted by atomic mass is 9.90. The maximum Gasteiger partial charge on any atom is 0.120 e. The predicted octanol–water partition coefficient (Wildman–Crippen LogP) is 6.51. The zero-order chi connectivity index (χ0) is 23.7. The van der Waals surface area contributed by atoms with Crippen LogP contribution in [0.15, 0.2) is 36.4 Å². The van der Waals surface area contributed by atoms with Gasteiger partial charge in [-0.1, -0.05) is 65.8 Å². The molecule has 4 nitrogen and oxygen atoms in total. The molecule has 0 aliphatic heterocycles. The van der Waals surface area contributed by atoms with Crippen LogP contribution in [0.25, 0.3) is 11.1 Å². The zero-order valence-electron chi connectivity index (χ0n) is 20.9. The van der Waals surface area contributed by atoms with Gasteiger partial charge in [0, 0.05) is 24.2 Å². The Morgan fingerprint density at radius 2 is 0.938 bits per heavy atom. The van der Waals surface area contributed by atoms with Crippen molar-refractivity contribution in [3.8, 4) is 11.5 Å². The fourth-order valence-electron chi connectivity index (χ4n) is 4.33. The first kappa shape index (κ1) is 26.0. The Balaban J connectivity index is 2.41. The van der Waals surface area contributed by atoms with E-state index >= 15 is 0 Å². The average molecular weight is 439 g/mol. The fourth-order valence-corrected chi connectivity index (χ4v) is 4.33. The van der Waals surface area contributed by atoms with E-state index in [-0.39, 0.29) is 0 Å². The summed E-state index contributed by atoms with van der Waals surface area (Å²) < 4.78 is 0. The average Bonchev–Trinajstić information content (AvgIpc) is 2.81. The second-order valence-corrected chi connectivity index (χ2v) is 8.27. The smallest absolute Gasteiger partial charge is 0.120 e. The summed E-state index contributed by atoms with van der Waals surface area (Å²) in [4.78, 5) is 4.59. The molecule has 32 heavy (non-hydrogen) atoms. The van der Waals surface area contributed by atoms with Crippen LogP contribution in [-0.2, 0) is 13.1 Å². The molecule has 0 saturated carbocycles. The minimum Gasteiger partial charge on any atom is -0.508 e. The molecule has 0 spiro atoms. The fraction of sp³-hybridized carbons (Fsp3) is 0.500. The predicted molar refractivity (Wildman–Crippen MR) is 137 cm³/mol. The van der Waals surface area contributed by atoms with Crippen LogP contribution < -0.4 is 0 Å². The number of phenolic OH excluding ortho intramolecular Hbond substituents is 2.